The molecule has 1 spiro atoms. The summed E-state index contributed by atoms with van der Waals surface area (Å²) < 4.78 is 14.6. The van der Waals surface area contributed by atoms with Gasteiger partial charge < -0.3 is 5.73 Å². The zero-order valence-corrected chi connectivity index (χ0v) is 20.5. The van der Waals surface area contributed by atoms with Gasteiger partial charge in [-0.3, -0.25) is 18.9 Å². The minimum absolute atomic E-state index is 0. The van der Waals surface area contributed by atoms with Crippen LogP contribution in [-0.2, 0) is 6.42 Å². The molecular formula is C30H38FN3O2. The molecule has 0 bridgehead atoms. The molecule has 2 fully saturated rings. The Balaban J connectivity index is 0.00000117. The fourth-order valence-corrected chi connectivity index (χ4v) is 5.17. The van der Waals surface area contributed by atoms with Crippen LogP contribution in [0.2, 0.25) is 0 Å². The molecule has 0 radical (unpaired) electrons. The molecule has 2 aliphatic rings. The molecule has 3 aromatic rings. The average Bonchev–Trinajstić information content (AvgIpc) is 2.82. The number of fused-ring (bicyclic) bond motifs is 1. The van der Waals surface area contributed by atoms with E-state index in [0.29, 0.717) is 29.6 Å². The maximum Gasteiger partial charge on any atom is 0.255 e. The van der Waals surface area contributed by atoms with Gasteiger partial charge in [-0.1, -0.05) is 51.6 Å². The Morgan fingerprint density at radius 3 is 2.58 bits per heavy atom. The molecule has 1 aromatic carbocycles. The minimum atomic E-state index is -0.591. The van der Waals surface area contributed by atoms with Crippen molar-refractivity contribution in [2.24, 2.45) is 5.41 Å². The normalized spacial score (nSPS) is 16.6. The van der Waals surface area contributed by atoms with Crippen molar-refractivity contribution in [2.45, 2.75) is 53.1 Å². The maximum absolute atomic E-state index is 13.1. The molecule has 36 heavy (non-hydrogen) atoms. The summed E-state index contributed by atoms with van der Waals surface area (Å²) in [6.45, 7) is 6.83. The van der Waals surface area contributed by atoms with E-state index in [2.05, 4.69) is 11.0 Å². The van der Waals surface area contributed by atoms with Crippen LogP contribution >= 0.6 is 0 Å². The third-order valence-electron chi connectivity index (χ3n) is 6.91. The van der Waals surface area contributed by atoms with Gasteiger partial charge in [0, 0.05) is 60.5 Å². The Kier molecular flexibility index (Phi) is 8.85. The molecule has 0 atom stereocenters. The van der Waals surface area contributed by atoms with Crippen molar-refractivity contribution in [2.75, 3.05) is 25.4 Å². The summed E-state index contributed by atoms with van der Waals surface area (Å²) in [5.74, 6) is -0.0566. The average molecular weight is 492 g/mol. The highest BCUT2D eigenvalue weighted by molar-refractivity contribution is 5.97. The Hall–Kier alpha value is -3.25. The van der Waals surface area contributed by atoms with Crippen molar-refractivity contribution in [3.8, 4) is 0 Å². The fraction of sp³-hybridized carbons (Fsp3) is 0.400. The molecule has 5 rings (SSSR count). The summed E-state index contributed by atoms with van der Waals surface area (Å²) >= 11 is 0. The summed E-state index contributed by atoms with van der Waals surface area (Å²) in [5.41, 5.74) is 10.1. The lowest BCUT2D eigenvalue weighted by atomic mass is 9.62. The number of halogens is 1. The van der Waals surface area contributed by atoms with Crippen LogP contribution in [0.15, 0.2) is 65.6 Å². The number of nitrogens with two attached hydrogens (primary N) is 1. The van der Waals surface area contributed by atoms with Crippen molar-refractivity contribution in [1.82, 2.24) is 9.30 Å². The lowest BCUT2D eigenvalue weighted by Gasteiger charge is -2.57. The van der Waals surface area contributed by atoms with E-state index in [-0.39, 0.29) is 24.2 Å². The zero-order valence-electron chi connectivity index (χ0n) is 20.5. The number of aromatic nitrogens is 1. The number of rotatable bonds is 7. The lowest BCUT2D eigenvalue weighted by Crippen LogP contribution is -2.62. The number of carbonyl (C=O) groups is 1. The van der Waals surface area contributed by atoms with Gasteiger partial charge >= 0.3 is 0 Å². The Morgan fingerprint density at radius 2 is 1.89 bits per heavy atom. The molecule has 6 heteroatoms. The highest BCUT2D eigenvalue weighted by Gasteiger charge is 2.52. The molecule has 0 amide bonds. The van der Waals surface area contributed by atoms with Gasteiger partial charge in [-0.2, -0.15) is 0 Å². The smallest absolute Gasteiger partial charge is 0.255 e. The Morgan fingerprint density at radius 1 is 1.14 bits per heavy atom. The largest absolute Gasteiger partial charge is 0.398 e. The molecule has 192 valence electrons. The van der Waals surface area contributed by atoms with Gasteiger partial charge in [-0.05, 0) is 54.7 Å². The lowest BCUT2D eigenvalue weighted by molar-refractivity contribution is -0.0968. The molecule has 2 N–H and O–H groups in total. The van der Waals surface area contributed by atoms with Crippen LogP contribution in [0.3, 0.4) is 0 Å². The van der Waals surface area contributed by atoms with Crippen LogP contribution in [0.4, 0.5) is 10.1 Å². The number of nitrogen functional groups attached to an aromatic ring is 1. The first kappa shape index (κ1) is 27.3. The molecule has 2 aromatic heterocycles. The van der Waals surface area contributed by atoms with E-state index in [1.165, 1.54) is 10.5 Å². The minimum Gasteiger partial charge on any atom is -0.398 e. The van der Waals surface area contributed by atoms with Crippen LogP contribution in [0.25, 0.3) is 11.6 Å². The number of nitrogens with zero attached hydrogens (tertiary/aromatic N) is 2. The number of hydrogen-bond donors (Lipinski definition) is 1. The number of carbonyl (C=O) groups excluding carboxylic acids is 1. The third kappa shape index (κ3) is 5.93. The van der Waals surface area contributed by atoms with Crippen molar-refractivity contribution in [3.05, 3.63) is 87.8 Å². The van der Waals surface area contributed by atoms with Crippen LogP contribution in [0.5, 0.6) is 0 Å². The second-order valence-electron chi connectivity index (χ2n) is 9.54. The van der Waals surface area contributed by atoms with Crippen LogP contribution in [0, 0.1) is 5.41 Å². The number of anilines is 1. The quantitative estimate of drug-likeness (QED) is 0.335. The molecule has 5 nitrogen and oxygen atoms in total. The first-order chi connectivity index (χ1) is 16.9. The number of alkyl halides is 1. The molecule has 3 heterocycles. The molecule has 1 saturated heterocycles. The van der Waals surface area contributed by atoms with Crippen LogP contribution < -0.4 is 11.3 Å². The van der Waals surface area contributed by atoms with Crippen LogP contribution in [-0.4, -0.2) is 40.9 Å². The number of likely N-dealkylation sites (tertiary alicyclic amines) is 1. The SMILES string of the molecule is C.CC.Nc1cc(CCC(=O)c2cc(=O)n3ccccc3c2)ccc1/C=C/CN1CC2(CC(F)C2)C1. The fourth-order valence-electron chi connectivity index (χ4n) is 5.17. The van der Waals surface area contributed by atoms with Gasteiger partial charge in [-0.25, -0.2) is 4.39 Å². The molecule has 1 aliphatic carbocycles. The summed E-state index contributed by atoms with van der Waals surface area (Å²) in [4.78, 5) is 27.3. The topological polar surface area (TPSA) is 67.8 Å². The van der Waals surface area contributed by atoms with Gasteiger partial charge in [0.1, 0.15) is 6.17 Å². The molecule has 1 saturated carbocycles. The van der Waals surface area contributed by atoms with Crippen LogP contribution in [0.1, 0.15) is 62.0 Å². The number of benzene rings is 1. The third-order valence-corrected chi connectivity index (χ3v) is 6.91. The van der Waals surface area contributed by atoms with Gasteiger partial charge in [0.05, 0.1) is 0 Å². The number of pyridine rings is 2. The Bertz CT molecular complexity index is 1280. The van der Waals surface area contributed by atoms with E-state index >= 15 is 0 Å². The summed E-state index contributed by atoms with van der Waals surface area (Å²) in [5, 5.41) is 0. The first-order valence-electron chi connectivity index (χ1n) is 12.5. The number of Topliss-reactive ketones (excluding diaryl/α,β-unsaturated/α-hetero) is 1. The predicted octanol–water partition coefficient (Wildman–Crippen LogP) is 5.81. The van der Waals surface area contributed by atoms with Gasteiger partial charge in [-0.15, -0.1) is 0 Å². The van der Waals surface area contributed by atoms with Crippen molar-refractivity contribution in [3.63, 3.8) is 0 Å². The maximum atomic E-state index is 13.1. The van der Waals surface area contributed by atoms with Gasteiger partial charge in [0.2, 0.25) is 0 Å². The van der Waals surface area contributed by atoms with Crippen molar-refractivity contribution >= 4 is 23.1 Å². The van der Waals surface area contributed by atoms with Crippen molar-refractivity contribution < 1.29 is 9.18 Å². The summed E-state index contributed by atoms with van der Waals surface area (Å²) in [6.07, 6.45) is 7.55. The van der Waals surface area contributed by atoms with E-state index in [0.717, 1.165) is 43.6 Å². The molecule has 1 aliphatic heterocycles. The van der Waals surface area contributed by atoms with E-state index in [1.54, 1.807) is 18.3 Å². The number of aryl methyl sites for hydroxylation is 1. The molecule has 0 unspecified atom stereocenters. The van der Waals surface area contributed by atoms with E-state index in [9.17, 15) is 14.0 Å². The van der Waals surface area contributed by atoms with E-state index in [4.69, 9.17) is 5.73 Å². The highest BCUT2D eigenvalue weighted by atomic mass is 19.1. The van der Waals surface area contributed by atoms with E-state index in [1.807, 2.05) is 50.3 Å². The first-order valence-corrected chi connectivity index (χ1v) is 12.5. The van der Waals surface area contributed by atoms with Crippen molar-refractivity contribution in [1.29, 1.82) is 0 Å². The standard InChI is InChI=1S/C27H28FN3O2.C2H6.CH4/c28-22-15-27(16-22)17-30(18-27)10-3-4-20-8-6-19(12-24(20)29)7-9-25(32)21-13-23-5-1-2-11-31(23)26(33)14-21;1-2;/h1-6,8,11-14,22H,7,9-10,15-18,29H2;1-2H3;1H4/b4-3+;;. The molecular weight excluding hydrogens is 453 g/mol. The number of ketones is 1. The summed E-state index contributed by atoms with van der Waals surface area (Å²) in [7, 11) is 0. The monoisotopic (exact) mass is 491 g/mol. The summed E-state index contributed by atoms with van der Waals surface area (Å²) in [6, 6.07) is 14.5. The Labute approximate surface area is 213 Å². The number of hydrogen-bond acceptors (Lipinski definition) is 4. The second-order valence-corrected chi connectivity index (χ2v) is 9.54. The zero-order chi connectivity index (χ0) is 25.0. The highest BCUT2D eigenvalue weighted by Crippen LogP contribution is 2.49. The van der Waals surface area contributed by atoms with Gasteiger partial charge in [0.15, 0.2) is 5.78 Å². The second kappa shape index (κ2) is 11.7. The van der Waals surface area contributed by atoms with Gasteiger partial charge in [0.25, 0.3) is 5.56 Å². The van der Waals surface area contributed by atoms with E-state index < -0.39 is 6.17 Å². The predicted molar refractivity (Wildman–Crippen MR) is 147 cm³/mol.